The summed E-state index contributed by atoms with van der Waals surface area (Å²) >= 11 is 0. The minimum absolute atomic E-state index is 0.0197. The minimum Gasteiger partial charge on any atom is -0.497 e. The van der Waals surface area contributed by atoms with E-state index in [-0.39, 0.29) is 11.6 Å². The number of ether oxygens (including phenoxy) is 1. The number of nitrogens with zero attached hydrogens (tertiary/aromatic N) is 4. The van der Waals surface area contributed by atoms with E-state index in [1.54, 1.807) is 18.2 Å². The van der Waals surface area contributed by atoms with Gasteiger partial charge in [0.1, 0.15) is 23.4 Å². The summed E-state index contributed by atoms with van der Waals surface area (Å²) in [7, 11) is -2.36. The van der Waals surface area contributed by atoms with Crippen molar-refractivity contribution in [2.24, 2.45) is 0 Å². The minimum atomic E-state index is -5.00. The average molecular weight is 481 g/mol. The van der Waals surface area contributed by atoms with Crippen LogP contribution in [0.1, 0.15) is 11.9 Å². The van der Waals surface area contributed by atoms with E-state index < -0.39 is 38.7 Å². The first kappa shape index (κ1) is 22.5. The number of sulfone groups is 1. The summed E-state index contributed by atoms with van der Waals surface area (Å²) < 4.78 is 84.8. The van der Waals surface area contributed by atoms with Crippen LogP contribution >= 0.6 is 0 Å². The van der Waals surface area contributed by atoms with E-state index in [1.165, 1.54) is 30.0 Å². The number of hydrogen-bond acceptors (Lipinski definition) is 7. The van der Waals surface area contributed by atoms with Crippen LogP contribution in [0.15, 0.2) is 65.0 Å². The van der Waals surface area contributed by atoms with Gasteiger partial charge in [0.25, 0.3) is 0 Å². The normalized spacial score (nSPS) is 16.7. The number of allylic oxidation sites excluding steroid dienone is 2. The summed E-state index contributed by atoms with van der Waals surface area (Å²) in [5, 5.41) is 1.64. The van der Waals surface area contributed by atoms with Crippen LogP contribution in [0, 0.1) is 0 Å². The first-order valence-corrected chi connectivity index (χ1v) is 11.1. The highest BCUT2D eigenvalue weighted by Crippen LogP contribution is 2.33. The van der Waals surface area contributed by atoms with Crippen molar-refractivity contribution in [1.82, 2.24) is 24.8 Å². The van der Waals surface area contributed by atoms with Gasteiger partial charge in [-0.05, 0) is 24.3 Å². The molecule has 1 aliphatic heterocycles. The Kier molecular flexibility index (Phi) is 5.46. The van der Waals surface area contributed by atoms with Crippen molar-refractivity contribution in [3.8, 4) is 11.6 Å². The Morgan fingerprint density at radius 3 is 2.64 bits per heavy atom. The summed E-state index contributed by atoms with van der Waals surface area (Å²) in [5.74, 6) is -1.11. The van der Waals surface area contributed by atoms with Gasteiger partial charge < -0.3 is 10.1 Å². The number of fused-ring (bicyclic) bond motifs is 1. The lowest BCUT2D eigenvalue weighted by molar-refractivity contribution is -0.0991. The second-order valence-electron chi connectivity index (χ2n) is 6.95. The Morgan fingerprint density at radius 2 is 1.97 bits per heavy atom. The molecule has 13 heteroatoms. The van der Waals surface area contributed by atoms with Crippen LogP contribution in [-0.2, 0) is 9.84 Å². The largest absolute Gasteiger partial charge is 0.497 e. The first-order chi connectivity index (χ1) is 15.5. The molecule has 3 heterocycles. The van der Waals surface area contributed by atoms with Gasteiger partial charge in [-0.3, -0.25) is 4.57 Å². The molecule has 0 fully saturated rings. The molecule has 0 radical (unpaired) electrons. The highest BCUT2D eigenvalue weighted by atomic mass is 32.2. The van der Waals surface area contributed by atoms with Crippen molar-refractivity contribution in [2.75, 3.05) is 13.4 Å². The number of alkyl halides is 3. The zero-order valence-electron chi connectivity index (χ0n) is 17.1. The summed E-state index contributed by atoms with van der Waals surface area (Å²) in [5.41, 5.74) is 1.50. The van der Waals surface area contributed by atoms with Crippen LogP contribution < -0.4 is 10.1 Å². The van der Waals surface area contributed by atoms with E-state index >= 15 is 0 Å². The molecule has 0 aliphatic carbocycles. The van der Waals surface area contributed by atoms with Crippen LogP contribution in [0.5, 0.6) is 5.75 Å². The number of aromatic nitrogens is 4. The molecule has 0 bridgehead atoms. The Morgan fingerprint density at radius 1 is 1.21 bits per heavy atom. The Balaban J connectivity index is 1.98. The van der Waals surface area contributed by atoms with Gasteiger partial charge in [0.2, 0.25) is 15.0 Å². The van der Waals surface area contributed by atoms with Gasteiger partial charge in [-0.1, -0.05) is 0 Å². The summed E-state index contributed by atoms with van der Waals surface area (Å²) in [6.07, 6.45) is -1.14. The van der Waals surface area contributed by atoms with Crippen molar-refractivity contribution >= 4 is 20.9 Å². The zero-order valence-corrected chi connectivity index (χ0v) is 17.9. The Bertz CT molecular complexity index is 1450. The standard InChI is InChI=1S/C20H15F4N5O3S/c1-32-11-6-7-13-15(10-11)29(16-8-9-25-19(28-16)33(2,30)31)18(27-13)14-5-3-4-12(21)17(26-14)20(22,23)24/h4-10,14,26H,1-2H3. The van der Waals surface area contributed by atoms with E-state index in [0.29, 0.717) is 22.9 Å². The maximum atomic E-state index is 14.0. The summed E-state index contributed by atoms with van der Waals surface area (Å²) in [6.45, 7) is 0. The van der Waals surface area contributed by atoms with E-state index in [4.69, 9.17) is 4.74 Å². The van der Waals surface area contributed by atoms with Gasteiger partial charge in [0.05, 0.1) is 18.1 Å². The van der Waals surface area contributed by atoms with Crippen LogP contribution in [-0.4, -0.2) is 47.5 Å². The number of hydrogen-bond donors (Lipinski definition) is 1. The second-order valence-corrected chi connectivity index (χ2v) is 8.86. The fourth-order valence-corrected chi connectivity index (χ4v) is 3.71. The van der Waals surface area contributed by atoms with Crippen LogP contribution in [0.2, 0.25) is 0 Å². The number of rotatable bonds is 4. The Hall–Kier alpha value is -3.70. The van der Waals surface area contributed by atoms with E-state index in [1.807, 2.05) is 0 Å². The lowest BCUT2D eigenvalue weighted by atomic mass is 10.2. The van der Waals surface area contributed by atoms with Crippen LogP contribution in [0.3, 0.4) is 0 Å². The number of imidazole rings is 1. The molecular weight excluding hydrogens is 466 g/mol. The van der Waals surface area contributed by atoms with E-state index in [0.717, 1.165) is 6.26 Å². The molecule has 172 valence electrons. The van der Waals surface area contributed by atoms with Gasteiger partial charge in [0.15, 0.2) is 11.5 Å². The van der Waals surface area contributed by atoms with Gasteiger partial charge in [0, 0.05) is 24.6 Å². The molecule has 1 N–H and O–H groups in total. The first-order valence-electron chi connectivity index (χ1n) is 9.25. The molecule has 1 atom stereocenters. The van der Waals surface area contributed by atoms with Crippen molar-refractivity contribution in [2.45, 2.75) is 17.4 Å². The van der Waals surface area contributed by atoms with Crippen LogP contribution in [0.25, 0.3) is 16.9 Å². The quantitative estimate of drug-likeness (QED) is 0.347. The molecule has 0 saturated heterocycles. The van der Waals surface area contributed by atoms with E-state index in [2.05, 4.69) is 26.0 Å². The van der Waals surface area contributed by atoms with Crippen LogP contribution in [0.4, 0.5) is 17.6 Å². The monoisotopic (exact) mass is 481 g/mol. The van der Waals surface area contributed by atoms with Gasteiger partial charge in [-0.25, -0.2) is 27.8 Å². The smallest absolute Gasteiger partial charge is 0.433 e. The highest BCUT2D eigenvalue weighted by molar-refractivity contribution is 7.90. The van der Waals surface area contributed by atoms with Crippen molar-refractivity contribution in [3.63, 3.8) is 0 Å². The molecular formula is C20H15F4N5O3S. The summed E-state index contributed by atoms with van der Waals surface area (Å²) in [4.78, 5) is 12.2. The lowest BCUT2D eigenvalue weighted by Crippen LogP contribution is -2.31. The summed E-state index contributed by atoms with van der Waals surface area (Å²) in [6, 6.07) is 4.81. The maximum Gasteiger partial charge on any atom is 0.433 e. The lowest BCUT2D eigenvalue weighted by Gasteiger charge is -2.20. The molecule has 1 aliphatic rings. The molecule has 1 aromatic carbocycles. The third kappa shape index (κ3) is 4.32. The molecule has 33 heavy (non-hydrogen) atoms. The topological polar surface area (TPSA) is 99.0 Å². The molecule has 0 spiro atoms. The number of methoxy groups -OCH3 is 1. The van der Waals surface area contributed by atoms with E-state index in [9.17, 15) is 26.0 Å². The Labute approximate surface area is 184 Å². The fourth-order valence-electron chi connectivity index (χ4n) is 3.20. The molecule has 3 aromatic rings. The van der Waals surface area contributed by atoms with Crippen molar-refractivity contribution < 1.29 is 30.7 Å². The fraction of sp³-hybridized carbons (Fsp3) is 0.200. The van der Waals surface area contributed by atoms with Crippen molar-refractivity contribution in [3.05, 3.63) is 65.7 Å². The predicted octanol–water partition coefficient (Wildman–Crippen LogP) is 3.33. The molecule has 8 nitrogen and oxygen atoms in total. The molecule has 0 amide bonds. The number of halogens is 4. The number of benzene rings is 1. The average Bonchev–Trinajstić information content (AvgIpc) is 3.00. The molecule has 0 saturated carbocycles. The third-order valence-electron chi connectivity index (χ3n) is 4.64. The van der Waals surface area contributed by atoms with Gasteiger partial charge >= 0.3 is 6.18 Å². The van der Waals surface area contributed by atoms with Gasteiger partial charge in [-0.15, -0.1) is 5.73 Å². The molecule has 4 rings (SSSR count). The maximum absolute atomic E-state index is 14.0. The SMILES string of the molecule is COc1ccc2nc(C3C=C=CC(F)=C(C(F)(F)F)N3)n(-c3ccnc(S(C)(=O)=O)n3)c2c1. The van der Waals surface area contributed by atoms with Crippen molar-refractivity contribution in [1.29, 1.82) is 0 Å². The van der Waals surface area contributed by atoms with Gasteiger partial charge in [-0.2, -0.15) is 13.2 Å². The molecule has 2 aromatic heterocycles. The highest BCUT2D eigenvalue weighted by Gasteiger charge is 2.39. The predicted molar refractivity (Wildman–Crippen MR) is 109 cm³/mol. The second kappa shape index (κ2) is 8.01. The number of nitrogens with one attached hydrogen (secondary N) is 1. The third-order valence-corrected chi connectivity index (χ3v) is 5.50. The molecule has 1 unspecified atom stereocenters. The zero-order chi connectivity index (χ0) is 24.0.